The zero-order valence-electron chi connectivity index (χ0n) is 12.0. The van der Waals surface area contributed by atoms with E-state index in [0.717, 1.165) is 12.7 Å². The summed E-state index contributed by atoms with van der Waals surface area (Å²) in [4.78, 5) is 23.1. The summed E-state index contributed by atoms with van der Waals surface area (Å²) in [5.41, 5.74) is -0.819. The fourth-order valence-electron chi connectivity index (χ4n) is 2.55. The van der Waals surface area contributed by atoms with Gasteiger partial charge in [0.1, 0.15) is 0 Å². The number of carboxylic acid groups (broad SMARTS) is 1. The van der Waals surface area contributed by atoms with E-state index in [1.165, 1.54) is 0 Å². The van der Waals surface area contributed by atoms with Crippen LogP contribution in [-0.4, -0.2) is 43.7 Å². The van der Waals surface area contributed by atoms with Crippen LogP contribution in [0.2, 0.25) is 0 Å². The van der Waals surface area contributed by atoms with Gasteiger partial charge in [-0.2, -0.15) is 0 Å². The highest BCUT2D eigenvalue weighted by molar-refractivity contribution is 7.88. The second kappa shape index (κ2) is 6.09. The molecule has 20 heavy (non-hydrogen) atoms. The zero-order valence-corrected chi connectivity index (χ0v) is 12.8. The summed E-state index contributed by atoms with van der Waals surface area (Å²) in [7, 11) is -3.37. The molecule has 0 aromatic rings. The van der Waals surface area contributed by atoms with Crippen LogP contribution >= 0.6 is 0 Å². The minimum absolute atomic E-state index is 0.113. The highest BCUT2D eigenvalue weighted by atomic mass is 32.2. The molecule has 0 saturated heterocycles. The standard InChI is InChI=1S/C12H22N2O5S/c1-12(2,14-20(3,18)19)7-13-10(15)8-5-4-6-9(8)11(16)17/h8-9,14H,4-7H2,1-3H3,(H,13,15)(H,16,17). The number of rotatable bonds is 6. The largest absolute Gasteiger partial charge is 0.481 e. The fourth-order valence-corrected chi connectivity index (χ4v) is 3.62. The van der Waals surface area contributed by atoms with Crippen molar-refractivity contribution in [2.75, 3.05) is 12.8 Å². The van der Waals surface area contributed by atoms with Gasteiger partial charge in [0.05, 0.1) is 18.1 Å². The monoisotopic (exact) mass is 306 g/mol. The Hall–Kier alpha value is -1.15. The third-order valence-corrected chi connectivity index (χ3v) is 4.26. The van der Waals surface area contributed by atoms with Gasteiger partial charge >= 0.3 is 5.97 Å². The van der Waals surface area contributed by atoms with Crippen LogP contribution in [0.3, 0.4) is 0 Å². The molecule has 7 nitrogen and oxygen atoms in total. The van der Waals surface area contributed by atoms with E-state index in [-0.39, 0.29) is 12.5 Å². The van der Waals surface area contributed by atoms with Crippen LogP contribution in [0, 0.1) is 11.8 Å². The van der Waals surface area contributed by atoms with Crippen molar-refractivity contribution in [2.45, 2.75) is 38.6 Å². The molecular formula is C12H22N2O5S. The Morgan fingerprint density at radius 1 is 1.25 bits per heavy atom. The van der Waals surface area contributed by atoms with Crippen LogP contribution in [0.25, 0.3) is 0 Å². The maximum Gasteiger partial charge on any atom is 0.307 e. The van der Waals surface area contributed by atoms with Crippen molar-refractivity contribution in [2.24, 2.45) is 11.8 Å². The minimum atomic E-state index is -3.37. The van der Waals surface area contributed by atoms with E-state index in [0.29, 0.717) is 12.8 Å². The highest BCUT2D eigenvalue weighted by Gasteiger charge is 2.38. The molecule has 0 heterocycles. The molecule has 1 saturated carbocycles. The fraction of sp³-hybridized carbons (Fsp3) is 0.833. The van der Waals surface area contributed by atoms with Crippen molar-refractivity contribution < 1.29 is 23.1 Å². The van der Waals surface area contributed by atoms with Crippen LogP contribution in [0.1, 0.15) is 33.1 Å². The molecule has 8 heteroatoms. The van der Waals surface area contributed by atoms with E-state index < -0.39 is 33.4 Å². The minimum Gasteiger partial charge on any atom is -0.481 e. The average Bonchev–Trinajstić information content (AvgIpc) is 2.71. The van der Waals surface area contributed by atoms with Crippen LogP contribution in [-0.2, 0) is 19.6 Å². The topological polar surface area (TPSA) is 113 Å². The Kier molecular flexibility index (Phi) is 5.15. The van der Waals surface area contributed by atoms with Crippen LogP contribution in [0.4, 0.5) is 0 Å². The van der Waals surface area contributed by atoms with Crippen molar-refractivity contribution in [1.29, 1.82) is 0 Å². The Morgan fingerprint density at radius 3 is 2.30 bits per heavy atom. The van der Waals surface area contributed by atoms with E-state index in [9.17, 15) is 18.0 Å². The van der Waals surface area contributed by atoms with Crippen molar-refractivity contribution >= 4 is 21.9 Å². The number of nitrogens with one attached hydrogen (secondary N) is 2. The third kappa shape index (κ3) is 5.09. The molecule has 2 unspecified atom stereocenters. The summed E-state index contributed by atoms with van der Waals surface area (Å²) >= 11 is 0. The first-order chi connectivity index (χ1) is 9.02. The molecule has 0 aromatic carbocycles. The lowest BCUT2D eigenvalue weighted by Gasteiger charge is -2.26. The van der Waals surface area contributed by atoms with E-state index in [1.807, 2.05) is 0 Å². The summed E-state index contributed by atoms with van der Waals surface area (Å²) in [5.74, 6) is -2.43. The van der Waals surface area contributed by atoms with E-state index in [2.05, 4.69) is 10.0 Å². The number of amides is 1. The van der Waals surface area contributed by atoms with Crippen molar-refractivity contribution in [3.05, 3.63) is 0 Å². The predicted molar refractivity (Wildman–Crippen MR) is 73.5 cm³/mol. The summed E-state index contributed by atoms with van der Waals surface area (Å²) < 4.78 is 24.8. The van der Waals surface area contributed by atoms with Gasteiger partial charge in [0, 0.05) is 12.1 Å². The molecule has 0 bridgehead atoms. The molecule has 0 radical (unpaired) electrons. The lowest BCUT2D eigenvalue weighted by Crippen LogP contribution is -2.52. The van der Waals surface area contributed by atoms with Crippen LogP contribution in [0.5, 0.6) is 0 Å². The molecular weight excluding hydrogens is 284 g/mol. The first-order valence-corrected chi connectivity index (χ1v) is 8.40. The van der Waals surface area contributed by atoms with Crippen molar-refractivity contribution in [1.82, 2.24) is 10.0 Å². The lowest BCUT2D eigenvalue weighted by atomic mass is 9.95. The van der Waals surface area contributed by atoms with Gasteiger partial charge in [0.2, 0.25) is 15.9 Å². The number of hydrogen-bond acceptors (Lipinski definition) is 4. The molecule has 0 aliphatic heterocycles. The number of carboxylic acids is 1. The van der Waals surface area contributed by atoms with Gasteiger partial charge < -0.3 is 10.4 Å². The van der Waals surface area contributed by atoms with Gasteiger partial charge in [-0.3, -0.25) is 9.59 Å². The Morgan fingerprint density at radius 2 is 1.80 bits per heavy atom. The first kappa shape index (κ1) is 16.9. The quantitative estimate of drug-likeness (QED) is 0.636. The zero-order chi connectivity index (χ0) is 15.6. The van der Waals surface area contributed by atoms with Gasteiger partial charge in [0.15, 0.2) is 0 Å². The number of carbonyl (C=O) groups is 2. The van der Waals surface area contributed by atoms with Gasteiger partial charge in [-0.05, 0) is 26.7 Å². The molecule has 2 atom stereocenters. The molecule has 0 spiro atoms. The van der Waals surface area contributed by atoms with Gasteiger partial charge in [-0.15, -0.1) is 0 Å². The summed E-state index contributed by atoms with van der Waals surface area (Å²) in [6, 6.07) is 0. The van der Waals surface area contributed by atoms with Crippen LogP contribution < -0.4 is 10.0 Å². The van der Waals surface area contributed by atoms with Crippen molar-refractivity contribution in [3.63, 3.8) is 0 Å². The summed E-state index contributed by atoms with van der Waals surface area (Å²) in [6.45, 7) is 3.41. The lowest BCUT2D eigenvalue weighted by molar-refractivity contribution is -0.146. The maximum absolute atomic E-state index is 12.0. The van der Waals surface area contributed by atoms with E-state index in [4.69, 9.17) is 5.11 Å². The maximum atomic E-state index is 12.0. The Bertz CT molecular complexity index is 486. The molecule has 1 aliphatic rings. The number of sulfonamides is 1. The smallest absolute Gasteiger partial charge is 0.307 e. The second-order valence-corrected chi connectivity index (χ2v) is 7.71. The molecule has 1 fully saturated rings. The Labute approximate surface area is 119 Å². The van der Waals surface area contributed by atoms with Crippen LogP contribution in [0.15, 0.2) is 0 Å². The SMILES string of the molecule is CC(C)(CNC(=O)C1CCCC1C(=O)O)NS(C)(=O)=O. The molecule has 1 rings (SSSR count). The summed E-state index contributed by atoms with van der Waals surface area (Å²) in [5, 5.41) is 11.7. The number of hydrogen-bond donors (Lipinski definition) is 3. The third-order valence-electron chi connectivity index (χ3n) is 3.34. The van der Waals surface area contributed by atoms with E-state index >= 15 is 0 Å². The van der Waals surface area contributed by atoms with E-state index in [1.54, 1.807) is 13.8 Å². The normalized spacial score (nSPS) is 23.6. The average molecular weight is 306 g/mol. The Balaban J connectivity index is 2.57. The molecule has 116 valence electrons. The molecule has 1 amide bonds. The summed E-state index contributed by atoms with van der Waals surface area (Å²) in [6.07, 6.45) is 2.84. The molecule has 3 N–H and O–H groups in total. The van der Waals surface area contributed by atoms with Crippen molar-refractivity contribution in [3.8, 4) is 0 Å². The second-order valence-electron chi connectivity index (χ2n) is 5.96. The molecule has 0 aromatic heterocycles. The number of aliphatic carboxylic acids is 1. The number of carbonyl (C=O) groups excluding carboxylic acids is 1. The van der Waals surface area contributed by atoms with Gasteiger partial charge in [-0.1, -0.05) is 6.42 Å². The van der Waals surface area contributed by atoms with Gasteiger partial charge in [-0.25, -0.2) is 13.1 Å². The predicted octanol–water partition coefficient (Wildman–Crippen LogP) is -0.0687. The highest BCUT2D eigenvalue weighted by Crippen LogP contribution is 2.32. The first-order valence-electron chi connectivity index (χ1n) is 6.51. The molecule has 1 aliphatic carbocycles. The van der Waals surface area contributed by atoms with Gasteiger partial charge in [0.25, 0.3) is 0 Å².